The molecule has 0 aliphatic carbocycles. The Morgan fingerprint density at radius 1 is 1.47 bits per heavy atom. The molecule has 2 rings (SSSR count). The normalized spacial score (nSPS) is 12.6. The van der Waals surface area contributed by atoms with Gasteiger partial charge in [0.1, 0.15) is 10.8 Å². The third-order valence-electron chi connectivity index (χ3n) is 2.58. The van der Waals surface area contributed by atoms with Crippen molar-refractivity contribution in [2.75, 3.05) is 7.05 Å². The molecule has 2 aromatic rings. The first-order valence-corrected chi connectivity index (χ1v) is 6.43. The zero-order chi connectivity index (χ0) is 12.4. The van der Waals surface area contributed by atoms with Gasteiger partial charge in [0.15, 0.2) is 0 Å². The minimum Gasteiger partial charge on any atom is -0.506 e. The lowest BCUT2D eigenvalue weighted by Crippen LogP contribution is -2.10. The fourth-order valence-electron chi connectivity index (χ4n) is 1.40. The van der Waals surface area contributed by atoms with E-state index in [1.807, 2.05) is 19.3 Å². The van der Waals surface area contributed by atoms with E-state index in [2.05, 4.69) is 17.2 Å². The summed E-state index contributed by atoms with van der Waals surface area (Å²) in [4.78, 5) is 5.54. The van der Waals surface area contributed by atoms with Crippen molar-refractivity contribution in [3.05, 3.63) is 34.3 Å². The van der Waals surface area contributed by atoms with E-state index in [0.29, 0.717) is 5.02 Å². The summed E-state index contributed by atoms with van der Waals surface area (Å²) in [5.41, 5.74) is 0.923. The number of halogens is 1. The number of aromatic hydroxyl groups is 1. The Hall–Kier alpha value is -1.10. The predicted molar refractivity (Wildman–Crippen MR) is 71.7 cm³/mol. The second-order valence-corrected chi connectivity index (χ2v) is 5.21. The standard InChI is InChI=1S/C12H13ClN2OS/c1-7(14-2)11-6-15-12(17-11)8-3-4-10(16)9(13)5-8/h3-7,14,16H,1-2H3. The Bertz CT molecular complexity index is 527. The minimum absolute atomic E-state index is 0.0933. The summed E-state index contributed by atoms with van der Waals surface area (Å²) in [7, 11) is 1.92. The molecule has 1 aromatic carbocycles. The van der Waals surface area contributed by atoms with Gasteiger partial charge in [0.25, 0.3) is 0 Å². The van der Waals surface area contributed by atoms with Gasteiger partial charge in [0.05, 0.1) is 5.02 Å². The van der Waals surface area contributed by atoms with E-state index in [0.717, 1.165) is 10.6 Å². The van der Waals surface area contributed by atoms with Crippen LogP contribution in [0.25, 0.3) is 10.6 Å². The van der Waals surface area contributed by atoms with Crippen LogP contribution in [0, 0.1) is 0 Å². The number of rotatable bonds is 3. The molecule has 1 unspecified atom stereocenters. The van der Waals surface area contributed by atoms with Crippen LogP contribution in [0.3, 0.4) is 0 Å². The van der Waals surface area contributed by atoms with Gasteiger partial charge >= 0.3 is 0 Å². The molecule has 1 heterocycles. The highest BCUT2D eigenvalue weighted by Gasteiger charge is 2.10. The first-order chi connectivity index (χ1) is 8.11. The maximum Gasteiger partial charge on any atom is 0.134 e. The lowest BCUT2D eigenvalue weighted by Gasteiger charge is -2.04. The molecule has 90 valence electrons. The predicted octanol–water partition coefficient (Wildman–Crippen LogP) is 3.45. The van der Waals surface area contributed by atoms with Crippen LogP contribution in [0.2, 0.25) is 5.02 Å². The van der Waals surface area contributed by atoms with Crippen LogP contribution in [-0.2, 0) is 0 Å². The van der Waals surface area contributed by atoms with Crippen molar-refractivity contribution in [3.8, 4) is 16.3 Å². The highest BCUT2D eigenvalue weighted by atomic mass is 35.5. The van der Waals surface area contributed by atoms with Gasteiger partial charge in [0, 0.05) is 22.7 Å². The van der Waals surface area contributed by atoms with E-state index in [9.17, 15) is 5.11 Å². The first-order valence-electron chi connectivity index (χ1n) is 5.23. The molecule has 0 amide bonds. The third kappa shape index (κ3) is 2.60. The largest absolute Gasteiger partial charge is 0.506 e. The number of nitrogens with zero attached hydrogens (tertiary/aromatic N) is 1. The molecule has 1 atom stereocenters. The number of thiazole rings is 1. The molecule has 1 aromatic heterocycles. The summed E-state index contributed by atoms with van der Waals surface area (Å²) in [5.74, 6) is 0.0933. The quantitative estimate of drug-likeness (QED) is 0.896. The van der Waals surface area contributed by atoms with Gasteiger partial charge in [-0.1, -0.05) is 11.6 Å². The highest BCUT2D eigenvalue weighted by Crippen LogP contribution is 2.33. The highest BCUT2D eigenvalue weighted by molar-refractivity contribution is 7.15. The van der Waals surface area contributed by atoms with Crippen molar-refractivity contribution in [1.82, 2.24) is 10.3 Å². The number of nitrogens with one attached hydrogen (secondary N) is 1. The van der Waals surface area contributed by atoms with Gasteiger partial charge in [-0.2, -0.15) is 0 Å². The van der Waals surface area contributed by atoms with Crippen molar-refractivity contribution in [3.63, 3.8) is 0 Å². The summed E-state index contributed by atoms with van der Waals surface area (Å²) >= 11 is 7.49. The molecule has 0 spiro atoms. The Morgan fingerprint density at radius 3 is 2.88 bits per heavy atom. The van der Waals surface area contributed by atoms with Gasteiger partial charge in [0.2, 0.25) is 0 Å². The number of hydrogen-bond donors (Lipinski definition) is 2. The van der Waals surface area contributed by atoms with Crippen LogP contribution in [-0.4, -0.2) is 17.1 Å². The van der Waals surface area contributed by atoms with Crippen LogP contribution in [0.5, 0.6) is 5.75 Å². The van der Waals surface area contributed by atoms with Crippen LogP contribution in [0.1, 0.15) is 17.8 Å². The van der Waals surface area contributed by atoms with Crippen molar-refractivity contribution >= 4 is 22.9 Å². The van der Waals surface area contributed by atoms with Gasteiger partial charge in [-0.3, -0.25) is 0 Å². The molecule has 0 radical (unpaired) electrons. The van der Waals surface area contributed by atoms with E-state index in [1.54, 1.807) is 23.5 Å². The van der Waals surface area contributed by atoms with Gasteiger partial charge < -0.3 is 10.4 Å². The maximum absolute atomic E-state index is 9.36. The van der Waals surface area contributed by atoms with Gasteiger partial charge in [-0.25, -0.2) is 4.98 Å². The van der Waals surface area contributed by atoms with Crippen molar-refractivity contribution in [2.24, 2.45) is 0 Å². The second-order valence-electron chi connectivity index (χ2n) is 3.74. The SMILES string of the molecule is CNC(C)c1cnc(-c2ccc(O)c(Cl)c2)s1. The summed E-state index contributed by atoms with van der Waals surface area (Å²) < 4.78 is 0. The molecule has 0 saturated heterocycles. The zero-order valence-electron chi connectivity index (χ0n) is 9.57. The van der Waals surface area contributed by atoms with Crippen molar-refractivity contribution in [1.29, 1.82) is 0 Å². The van der Waals surface area contributed by atoms with Gasteiger partial charge in [-0.15, -0.1) is 11.3 Å². The molecule has 0 aliphatic heterocycles. The molecule has 0 fully saturated rings. The van der Waals surface area contributed by atoms with Crippen LogP contribution in [0.15, 0.2) is 24.4 Å². The smallest absolute Gasteiger partial charge is 0.134 e. The molecular formula is C12H13ClN2OS. The van der Waals surface area contributed by atoms with Crippen molar-refractivity contribution in [2.45, 2.75) is 13.0 Å². The summed E-state index contributed by atoms with van der Waals surface area (Å²) in [6.07, 6.45) is 1.86. The molecule has 0 aliphatic rings. The molecular weight excluding hydrogens is 256 g/mol. The fourth-order valence-corrected chi connectivity index (χ4v) is 2.56. The fraction of sp³-hybridized carbons (Fsp3) is 0.250. The zero-order valence-corrected chi connectivity index (χ0v) is 11.1. The number of phenolic OH excluding ortho intramolecular Hbond substituents is 1. The number of hydrogen-bond acceptors (Lipinski definition) is 4. The number of aromatic nitrogens is 1. The summed E-state index contributed by atoms with van der Waals surface area (Å²) in [5, 5.41) is 13.8. The number of benzene rings is 1. The number of phenols is 1. The lowest BCUT2D eigenvalue weighted by molar-refractivity contribution is 0.475. The van der Waals surface area contributed by atoms with Gasteiger partial charge in [-0.05, 0) is 32.2 Å². The molecule has 2 N–H and O–H groups in total. The minimum atomic E-state index is 0.0933. The Labute approximate surface area is 109 Å². The van der Waals surface area contributed by atoms with E-state index in [4.69, 9.17) is 11.6 Å². The monoisotopic (exact) mass is 268 g/mol. The third-order valence-corrected chi connectivity index (χ3v) is 4.11. The average Bonchev–Trinajstić information content (AvgIpc) is 2.81. The molecule has 5 heteroatoms. The lowest BCUT2D eigenvalue weighted by atomic mass is 10.2. The van der Waals surface area contributed by atoms with E-state index in [1.165, 1.54) is 4.88 Å². The maximum atomic E-state index is 9.36. The van der Waals surface area contributed by atoms with E-state index >= 15 is 0 Å². The van der Waals surface area contributed by atoms with Crippen LogP contribution >= 0.6 is 22.9 Å². The van der Waals surface area contributed by atoms with Crippen LogP contribution in [0.4, 0.5) is 0 Å². The average molecular weight is 269 g/mol. The first kappa shape index (κ1) is 12.4. The molecule has 3 nitrogen and oxygen atoms in total. The Balaban J connectivity index is 2.33. The van der Waals surface area contributed by atoms with E-state index < -0.39 is 0 Å². The molecule has 0 bridgehead atoms. The summed E-state index contributed by atoms with van der Waals surface area (Å²) in [6, 6.07) is 5.41. The van der Waals surface area contributed by atoms with Crippen LogP contribution < -0.4 is 5.32 Å². The topological polar surface area (TPSA) is 45.2 Å². The Morgan fingerprint density at radius 2 is 2.24 bits per heavy atom. The van der Waals surface area contributed by atoms with E-state index in [-0.39, 0.29) is 11.8 Å². The molecule has 17 heavy (non-hydrogen) atoms. The second kappa shape index (κ2) is 5.04. The summed E-state index contributed by atoms with van der Waals surface area (Å²) in [6.45, 7) is 2.08. The molecule has 0 saturated carbocycles. The van der Waals surface area contributed by atoms with Crippen molar-refractivity contribution < 1.29 is 5.11 Å². The Kier molecular flexibility index (Phi) is 3.66.